The molecular weight excluding hydrogens is 456 g/mol. The third-order valence-electron chi connectivity index (χ3n) is 6.02. The highest BCUT2D eigenvalue weighted by Crippen LogP contribution is 2.38. The third-order valence-corrected chi connectivity index (χ3v) is 7.47. The van der Waals surface area contributed by atoms with Crippen molar-refractivity contribution in [3.05, 3.63) is 65.8 Å². The van der Waals surface area contributed by atoms with Gasteiger partial charge in [-0.1, -0.05) is 23.7 Å². The first-order valence-electron chi connectivity index (χ1n) is 11.0. The number of fused-ring (bicyclic) bond motifs is 1. The molecule has 1 N–H and O–H groups in total. The summed E-state index contributed by atoms with van der Waals surface area (Å²) in [5.41, 5.74) is 1.88. The van der Waals surface area contributed by atoms with Crippen LogP contribution in [0.3, 0.4) is 0 Å². The zero-order valence-electron chi connectivity index (χ0n) is 18.6. The number of pyridine rings is 1. The lowest BCUT2D eigenvalue weighted by atomic mass is 10.1. The number of thiophene rings is 1. The van der Waals surface area contributed by atoms with Crippen LogP contribution in [0.2, 0.25) is 5.02 Å². The van der Waals surface area contributed by atoms with Crippen molar-refractivity contribution in [2.45, 2.75) is 18.9 Å². The quantitative estimate of drug-likeness (QED) is 0.372. The van der Waals surface area contributed by atoms with E-state index in [1.807, 2.05) is 54.7 Å². The molecule has 33 heavy (non-hydrogen) atoms. The maximum Gasteiger partial charge on any atom is 0.389 e. The molecule has 0 amide bonds. The molecule has 1 aliphatic rings. The van der Waals surface area contributed by atoms with Crippen LogP contribution in [-0.2, 0) is 0 Å². The summed E-state index contributed by atoms with van der Waals surface area (Å²) in [6.07, 6.45) is 4.19. The summed E-state index contributed by atoms with van der Waals surface area (Å²) in [5, 5.41) is 12.8. The van der Waals surface area contributed by atoms with E-state index in [2.05, 4.69) is 18.0 Å². The molecule has 0 bridgehead atoms. The molecule has 1 unspecified atom stereocenters. The zero-order chi connectivity index (χ0) is 22.9. The van der Waals surface area contributed by atoms with E-state index in [9.17, 15) is 5.11 Å². The molecule has 5 nitrogen and oxygen atoms in total. The Balaban J connectivity index is 1.46. The zero-order valence-corrected chi connectivity index (χ0v) is 20.2. The number of aromatic hydroxyl groups is 1. The van der Waals surface area contributed by atoms with Crippen molar-refractivity contribution in [1.82, 2.24) is 4.90 Å². The van der Waals surface area contributed by atoms with Crippen molar-refractivity contribution in [3.8, 4) is 33.5 Å². The van der Waals surface area contributed by atoms with Crippen molar-refractivity contribution in [3.63, 3.8) is 0 Å². The van der Waals surface area contributed by atoms with Crippen molar-refractivity contribution < 1.29 is 19.1 Å². The lowest BCUT2D eigenvalue weighted by molar-refractivity contribution is -0.602. The molecule has 0 saturated carbocycles. The monoisotopic (exact) mass is 481 g/mol. The second-order valence-electron chi connectivity index (χ2n) is 8.39. The number of aromatic nitrogens is 1. The van der Waals surface area contributed by atoms with E-state index in [1.165, 1.54) is 0 Å². The van der Waals surface area contributed by atoms with Gasteiger partial charge in [-0.05, 0) is 56.3 Å². The average molecular weight is 482 g/mol. The van der Waals surface area contributed by atoms with Crippen LogP contribution in [0.15, 0.2) is 60.8 Å². The first kappa shape index (κ1) is 22.0. The van der Waals surface area contributed by atoms with Gasteiger partial charge in [0.15, 0.2) is 17.7 Å². The minimum Gasteiger partial charge on any atom is -0.493 e. The van der Waals surface area contributed by atoms with Crippen LogP contribution in [0, 0.1) is 0 Å². The molecule has 1 atom stereocenters. The summed E-state index contributed by atoms with van der Waals surface area (Å²) in [6, 6.07) is 17.6. The topological polar surface area (TPSA) is 45.8 Å². The Bertz CT molecular complexity index is 1290. The van der Waals surface area contributed by atoms with E-state index >= 15 is 0 Å². The van der Waals surface area contributed by atoms with E-state index in [-0.39, 0.29) is 12.0 Å². The van der Waals surface area contributed by atoms with E-state index in [0.29, 0.717) is 10.8 Å². The smallest absolute Gasteiger partial charge is 0.389 e. The van der Waals surface area contributed by atoms with Crippen molar-refractivity contribution in [1.29, 1.82) is 0 Å². The number of ether oxygens (including phenoxy) is 2. The predicted octanol–water partition coefficient (Wildman–Crippen LogP) is 5.69. The number of methoxy groups -OCH3 is 1. The second-order valence-corrected chi connectivity index (χ2v) is 9.88. The van der Waals surface area contributed by atoms with Gasteiger partial charge in [0.05, 0.1) is 13.2 Å². The summed E-state index contributed by atoms with van der Waals surface area (Å²) < 4.78 is 14.5. The highest BCUT2D eigenvalue weighted by atomic mass is 35.5. The molecule has 170 valence electrons. The Hall–Kier alpha value is -2.80. The van der Waals surface area contributed by atoms with E-state index < -0.39 is 0 Å². The van der Waals surface area contributed by atoms with Gasteiger partial charge in [-0.3, -0.25) is 0 Å². The molecule has 1 aliphatic heterocycles. The molecule has 1 saturated heterocycles. The first-order chi connectivity index (χ1) is 16.0. The number of likely N-dealkylation sites (tertiary alicyclic amines) is 1. The number of halogens is 1. The molecule has 3 heterocycles. The van der Waals surface area contributed by atoms with Gasteiger partial charge in [0.2, 0.25) is 5.69 Å². The summed E-state index contributed by atoms with van der Waals surface area (Å²) in [5.74, 6) is 1.58. The molecule has 2 aromatic heterocycles. The maximum absolute atomic E-state index is 11.1. The molecule has 1 fully saturated rings. The van der Waals surface area contributed by atoms with Crippen molar-refractivity contribution in [2.75, 3.05) is 27.2 Å². The van der Waals surface area contributed by atoms with Crippen LogP contribution < -0.4 is 14.0 Å². The van der Waals surface area contributed by atoms with Crippen LogP contribution in [0.1, 0.15) is 12.8 Å². The summed E-state index contributed by atoms with van der Waals surface area (Å²) in [6.45, 7) is 2.02. The van der Waals surface area contributed by atoms with E-state index in [4.69, 9.17) is 21.1 Å². The first-order valence-corrected chi connectivity index (χ1v) is 12.2. The normalized spacial score (nSPS) is 16.8. The van der Waals surface area contributed by atoms with Gasteiger partial charge in [-0.2, -0.15) is 0 Å². The molecule has 2 aromatic carbocycles. The van der Waals surface area contributed by atoms with Gasteiger partial charge in [-0.25, -0.2) is 0 Å². The molecule has 0 spiro atoms. The highest BCUT2D eigenvalue weighted by Gasteiger charge is 2.23. The summed E-state index contributed by atoms with van der Waals surface area (Å²) >= 11 is 7.58. The Morgan fingerprint density at radius 1 is 1.09 bits per heavy atom. The van der Waals surface area contributed by atoms with Gasteiger partial charge >= 0.3 is 5.88 Å². The lowest BCUT2D eigenvalue weighted by Crippen LogP contribution is -2.38. The Morgan fingerprint density at radius 2 is 1.91 bits per heavy atom. The van der Waals surface area contributed by atoms with Crippen LogP contribution in [-0.4, -0.2) is 43.4 Å². The largest absolute Gasteiger partial charge is 0.493 e. The summed E-state index contributed by atoms with van der Waals surface area (Å²) in [7, 11) is 3.76. The number of nitrogens with zero attached hydrogens (tertiary/aromatic N) is 2. The standard InChI is InChI=1S/C26H25ClN2O3S/c1-28-12-3-4-21(16-28)32-22-10-9-20(15-23(22)31-2)29-13-11-18-14-24(33-25(18)26(29)30)17-5-7-19(27)8-6-17/h5-11,13-15,21H,3-4,12,16H2,1-2H3/p+1. The average Bonchev–Trinajstić information content (AvgIpc) is 3.26. The Morgan fingerprint density at radius 3 is 2.67 bits per heavy atom. The molecule has 0 aliphatic carbocycles. The number of likely N-dealkylation sites (N-methyl/N-ethyl adjacent to an activating group) is 1. The molecular formula is C26H26ClN2O3S+. The number of hydrogen-bond donors (Lipinski definition) is 1. The van der Waals surface area contributed by atoms with Gasteiger partial charge in [0.25, 0.3) is 0 Å². The Labute approximate surface area is 202 Å². The highest BCUT2D eigenvalue weighted by molar-refractivity contribution is 7.22. The van der Waals surface area contributed by atoms with Gasteiger partial charge < -0.3 is 19.5 Å². The lowest BCUT2D eigenvalue weighted by Gasteiger charge is -2.30. The molecule has 0 radical (unpaired) electrons. The fourth-order valence-electron chi connectivity index (χ4n) is 4.30. The number of hydrogen-bond acceptors (Lipinski definition) is 5. The van der Waals surface area contributed by atoms with Crippen molar-refractivity contribution >= 4 is 33.0 Å². The predicted molar refractivity (Wildman–Crippen MR) is 133 cm³/mol. The van der Waals surface area contributed by atoms with Crippen LogP contribution >= 0.6 is 22.9 Å². The molecule has 7 heteroatoms. The molecule has 4 aromatic rings. The van der Waals surface area contributed by atoms with E-state index in [1.54, 1.807) is 23.0 Å². The summed E-state index contributed by atoms with van der Waals surface area (Å²) in [4.78, 5) is 3.37. The van der Waals surface area contributed by atoms with Crippen LogP contribution in [0.4, 0.5) is 0 Å². The van der Waals surface area contributed by atoms with E-state index in [0.717, 1.165) is 57.9 Å². The second kappa shape index (κ2) is 9.21. The van der Waals surface area contributed by atoms with Crippen LogP contribution in [0.25, 0.3) is 26.2 Å². The van der Waals surface area contributed by atoms with Gasteiger partial charge in [0.1, 0.15) is 10.8 Å². The van der Waals surface area contributed by atoms with Gasteiger partial charge in [0, 0.05) is 34.0 Å². The maximum atomic E-state index is 11.1. The van der Waals surface area contributed by atoms with Crippen LogP contribution in [0.5, 0.6) is 17.4 Å². The third kappa shape index (κ3) is 4.51. The Kier molecular flexibility index (Phi) is 6.15. The fourth-order valence-corrected chi connectivity index (χ4v) is 5.52. The molecule has 5 rings (SSSR count). The van der Waals surface area contributed by atoms with Gasteiger partial charge in [-0.15, -0.1) is 15.9 Å². The minimum atomic E-state index is 0.151. The minimum absolute atomic E-state index is 0.151. The number of benzene rings is 2. The number of rotatable bonds is 5. The van der Waals surface area contributed by atoms with Crippen molar-refractivity contribution in [2.24, 2.45) is 0 Å². The number of piperidine rings is 1. The fraction of sp³-hybridized carbons (Fsp3) is 0.269. The SMILES string of the molecule is COc1cc(-[n+]2ccc3cc(-c4ccc(Cl)cc4)sc3c2O)ccc1OC1CCCN(C)C1.